The first-order valence-electron chi connectivity index (χ1n) is 10.2. The molecule has 5 nitrogen and oxygen atoms in total. The van der Waals surface area contributed by atoms with Gasteiger partial charge in [-0.2, -0.15) is 13.2 Å². The first kappa shape index (κ1) is 24.0. The van der Waals surface area contributed by atoms with Crippen LogP contribution >= 0.6 is 0 Å². The fourth-order valence-corrected chi connectivity index (χ4v) is 4.00. The van der Waals surface area contributed by atoms with E-state index in [1.807, 2.05) is 13.8 Å². The monoisotopic (exact) mass is 428 g/mol. The van der Waals surface area contributed by atoms with Crippen molar-refractivity contribution in [2.45, 2.75) is 65.7 Å². The quantitative estimate of drug-likeness (QED) is 0.678. The minimum Gasteiger partial charge on any atom is -0.480 e. The van der Waals surface area contributed by atoms with Crippen molar-refractivity contribution in [2.24, 2.45) is 17.3 Å². The number of carbonyl (C=O) groups is 2. The topological polar surface area (TPSA) is 69.6 Å². The Morgan fingerprint density at radius 3 is 2.37 bits per heavy atom. The van der Waals surface area contributed by atoms with Crippen molar-refractivity contribution >= 4 is 17.6 Å². The van der Waals surface area contributed by atoms with Crippen LogP contribution in [0.25, 0.3) is 0 Å². The van der Waals surface area contributed by atoms with Crippen LogP contribution in [0.15, 0.2) is 24.3 Å². The van der Waals surface area contributed by atoms with Crippen LogP contribution in [-0.4, -0.2) is 40.5 Å². The van der Waals surface area contributed by atoms with Gasteiger partial charge >= 0.3 is 12.1 Å². The highest BCUT2D eigenvalue weighted by atomic mass is 19.4. The fraction of sp³-hybridized carbons (Fsp3) is 0.636. The number of rotatable bonds is 6. The number of benzene rings is 1. The number of hydrogen-bond donors (Lipinski definition) is 2. The van der Waals surface area contributed by atoms with E-state index >= 15 is 0 Å². The normalized spacial score (nSPS) is 21.0. The standard InChI is InChI=1S/C22H31F3N2O3/c1-13(2)9-14-10-17(20(29)30)27(12-14)19(28)18(21(3,4)5)26-16-8-6-7-15(11-16)22(23,24)25/h6-8,11,13-14,17-18,26H,9-10,12H2,1-5H3,(H,29,30)/t14-,17+,18-/m1/s1. The van der Waals surface area contributed by atoms with E-state index in [1.165, 1.54) is 17.0 Å². The van der Waals surface area contributed by atoms with E-state index < -0.39 is 41.1 Å². The molecule has 0 unspecified atom stereocenters. The second kappa shape index (κ2) is 8.86. The van der Waals surface area contributed by atoms with Gasteiger partial charge in [-0.1, -0.05) is 40.7 Å². The van der Waals surface area contributed by atoms with E-state index in [2.05, 4.69) is 5.32 Å². The second-order valence-corrected chi connectivity index (χ2v) is 9.60. The van der Waals surface area contributed by atoms with Crippen molar-refractivity contribution in [3.8, 4) is 0 Å². The highest BCUT2D eigenvalue weighted by molar-refractivity contribution is 5.90. The summed E-state index contributed by atoms with van der Waals surface area (Å²) in [5.74, 6) is -0.995. The zero-order valence-corrected chi connectivity index (χ0v) is 18.1. The van der Waals surface area contributed by atoms with Gasteiger partial charge in [0.2, 0.25) is 5.91 Å². The van der Waals surface area contributed by atoms with Crippen LogP contribution in [0.3, 0.4) is 0 Å². The molecule has 1 aliphatic heterocycles. The largest absolute Gasteiger partial charge is 0.480 e. The first-order valence-corrected chi connectivity index (χ1v) is 10.2. The fourth-order valence-electron chi connectivity index (χ4n) is 4.00. The molecular weight excluding hydrogens is 397 g/mol. The molecule has 8 heteroatoms. The van der Waals surface area contributed by atoms with Gasteiger partial charge in [-0.3, -0.25) is 4.79 Å². The maximum atomic E-state index is 13.4. The van der Waals surface area contributed by atoms with Crippen molar-refractivity contribution in [2.75, 3.05) is 11.9 Å². The Labute approximate surface area is 175 Å². The predicted octanol–water partition coefficient (Wildman–Crippen LogP) is 4.88. The van der Waals surface area contributed by atoms with Gasteiger partial charge in [0.05, 0.1) is 5.56 Å². The molecule has 2 N–H and O–H groups in total. The number of nitrogens with one attached hydrogen (secondary N) is 1. The summed E-state index contributed by atoms with van der Waals surface area (Å²) in [6, 6.07) is 2.89. The van der Waals surface area contributed by atoms with Crippen LogP contribution in [0.2, 0.25) is 0 Å². The van der Waals surface area contributed by atoms with Crippen LogP contribution in [0.1, 0.15) is 53.0 Å². The summed E-state index contributed by atoms with van der Waals surface area (Å²) in [4.78, 5) is 26.6. The molecule has 1 saturated heterocycles. The zero-order chi connectivity index (χ0) is 22.9. The molecule has 0 bridgehead atoms. The molecular formula is C22H31F3N2O3. The second-order valence-electron chi connectivity index (χ2n) is 9.60. The highest BCUT2D eigenvalue weighted by Crippen LogP contribution is 2.34. The average Bonchev–Trinajstić information content (AvgIpc) is 3.01. The molecule has 2 rings (SSSR count). The minimum atomic E-state index is -4.49. The molecule has 0 aliphatic carbocycles. The Morgan fingerprint density at radius 2 is 1.87 bits per heavy atom. The van der Waals surface area contributed by atoms with Gasteiger partial charge in [-0.25, -0.2) is 4.79 Å². The third kappa shape index (κ3) is 5.89. The van der Waals surface area contributed by atoms with Gasteiger partial charge in [0.15, 0.2) is 0 Å². The number of alkyl halides is 3. The van der Waals surface area contributed by atoms with Crippen molar-refractivity contribution < 1.29 is 27.9 Å². The molecule has 1 amide bonds. The van der Waals surface area contributed by atoms with E-state index in [9.17, 15) is 27.9 Å². The Bertz CT molecular complexity index is 772. The van der Waals surface area contributed by atoms with Crippen LogP contribution < -0.4 is 5.32 Å². The minimum absolute atomic E-state index is 0.0872. The van der Waals surface area contributed by atoms with Gasteiger partial charge in [-0.15, -0.1) is 0 Å². The third-order valence-corrected chi connectivity index (χ3v) is 5.37. The Kier molecular flexibility index (Phi) is 7.09. The van der Waals surface area contributed by atoms with Crippen LogP contribution in [0, 0.1) is 17.3 Å². The number of nitrogens with zero attached hydrogens (tertiary/aromatic N) is 1. The molecule has 0 spiro atoms. The van der Waals surface area contributed by atoms with E-state index in [-0.39, 0.29) is 11.6 Å². The number of carboxylic acids is 1. The summed E-state index contributed by atoms with van der Waals surface area (Å²) in [6.45, 7) is 9.83. The molecule has 0 aromatic heterocycles. The van der Waals surface area contributed by atoms with Crippen molar-refractivity contribution in [3.05, 3.63) is 29.8 Å². The molecule has 3 atom stereocenters. The van der Waals surface area contributed by atoms with Crippen molar-refractivity contribution in [3.63, 3.8) is 0 Å². The van der Waals surface area contributed by atoms with Gasteiger partial charge in [0, 0.05) is 12.2 Å². The third-order valence-electron chi connectivity index (χ3n) is 5.37. The van der Waals surface area contributed by atoms with E-state index in [0.717, 1.165) is 18.6 Å². The lowest BCUT2D eigenvalue weighted by Gasteiger charge is -2.35. The predicted molar refractivity (Wildman–Crippen MR) is 109 cm³/mol. The van der Waals surface area contributed by atoms with E-state index in [0.29, 0.717) is 18.9 Å². The molecule has 1 heterocycles. The van der Waals surface area contributed by atoms with Crippen molar-refractivity contribution in [1.29, 1.82) is 0 Å². The summed E-state index contributed by atoms with van der Waals surface area (Å²) in [6.07, 6.45) is -3.29. The number of aliphatic carboxylic acids is 1. The maximum Gasteiger partial charge on any atom is 0.416 e. The maximum absolute atomic E-state index is 13.4. The molecule has 0 radical (unpaired) electrons. The molecule has 1 aromatic carbocycles. The Hall–Kier alpha value is -2.25. The SMILES string of the molecule is CC(C)C[C@@H]1C[C@@H](C(=O)O)N(C(=O)[C@@H](Nc2cccc(C(F)(F)F)c2)C(C)(C)C)C1. The van der Waals surface area contributed by atoms with Gasteiger partial charge in [0.1, 0.15) is 12.1 Å². The van der Waals surface area contributed by atoms with Crippen LogP contribution in [-0.2, 0) is 15.8 Å². The number of anilines is 1. The Balaban J connectivity index is 2.31. The lowest BCUT2D eigenvalue weighted by Crippen LogP contribution is -2.52. The number of carboxylic acid groups (broad SMARTS) is 1. The molecule has 30 heavy (non-hydrogen) atoms. The number of carbonyl (C=O) groups excluding carboxylic acids is 1. The van der Waals surface area contributed by atoms with E-state index in [1.54, 1.807) is 20.8 Å². The molecule has 1 fully saturated rings. The summed E-state index contributed by atoms with van der Waals surface area (Å²) in [7, 11) is 0. The lowest BCUT2D eigenvalue weighted by molar-refractivity contribution is -0.149. The summed E-state index contributed by atoms with van der Waals surface area (Å²) in [5, 5.41) is 12.6. The summed E-state index contributed by atoms with van der Waals surface area (Å²) < 4.78 is 39.2. The zero-order valence-electron chi connectivity index (χ0n) is 18.1. The number of likely N-dealkylation sites (tertiary alicyclic amines) is 1. The van der Waals surface area contributed by atoms with E-state index in [4.69, 9.17) is 0 Å². The molecule has 168 valence electrons. The number of hydrogen-bond acceptors (Lipinski definition) is 3. The van der Waals surface area contributed by atoms with Gasteiger partial charge < -0.3 is 15.3 Å². The summed E-state index contributed by atoms with van der Waals surface area (Å²) >= 11 is 0. The molecule has 0 saturated carbocycles. The molecule has 1 aliphatic rings. The van der Waals surface area contributed by atoms with Gasteiger partial charge in [0.25, 0.3) is 0 Å². The first-order chi connectivity index (χ1) is 13.7. The smallest absolute Gasteiger partial charge is 0.416 e. The number of amides is 1. The molecule has 1 aromatic rings. The van der Waals surface area contributed by atoms with Crippen LogP contribution in [0.4, 0.5) is 18.9 Å². The van der Waals surface area contributed by atoms with Gasteiger partial charge in [-0.05, 0) is 48.3 Å². The highest BCUT2D eigenvalue weighted by Gasteiger charge is 2.44. The Morgan fingerprint density at radius 1 is 1.23 bits per heavy atom. The average molecular weight is 428 g/mol. The summed E-state index contributed by atoms with van der Waals surface area (Å²) in [5.41, 5.74) is -1.29. The van der Waals surface area contributed by atoms with Crippen LogP contribution in [0.5, 0.6) is 0 Å². The number of halogens is 3. The lowest BCUT2D eigenvalue weighted by atomic mass is 9.85. The van der Waals surface area contributed by atoms with Crippen molar-refractivity contribution in [1.82, 2.24) is 4.90 Å².